The van der Waals surface area contributed by atoms with Crippen molar-refractivity contribution in [1.29, 1.82) is 0 Å². The summed E-state index contributed by atoms with van der Waals surface area (Å²) in [5, 5.41) is 4.19. The monoisotopic (exact) mass is 413 g/mol. The van der Waals surface area contributed by atoms with Crippen molar-refractivity contribution in [3.63, 3.8) is 0 Å². The average molecular weight is 414 g/mol. The Morgan fingerprint density at radius 2 is 1.96 bits per heavy atom. The second-order valence-electron chi connectivity index (χ2n) is 6.20. The molecular formula is C21H20ClN3O2S. The van der Waals surface area contributed by atoms with Crippen molar-refractivity contribution in [3.05, 3.63) is 70.2 Å². The van der Waals surface area contributed by atoms with Crippen molar-refractivity contribution in [2.45, 2.75) is 20.4 Å². The Hall–Kier alpha value is -2.70. The van der Waals surface area contributed by atoms with Crippen LogP contribution in [0.1, 0.15) is 29.1 Å². The highest BCUT2D eigenvalue weighted by Crippen LogP contribution is 2.31. The smallest absolute Gasteiger partial charge is 0.267 e. The number of carbonyl (C=O) groups excluding carboxylic acids is 2. The summed E-state index contributed by atoms with van der Waals surface area (Å²) in [4.78, 5) is 30.8. The second-order valence-corrected chi connectivity index (χ2v) is 7.64. The Kier molecular flexibility index (Phi) is 6.44. The summed E-state index contributed by atoms with van der Waals surface area (Å²) in [6, 6.07) is 14.9. The summed E-state index contributed by atoms with van der Waals surface area (Å²) >= 11 is 7.50. The first-order chi connectivity index (χ1) is 13.5. The third-order valence-electron chi connectivity index (χ3n) is 4.22. The molecule has 5 nitrogen and oxygen atoms in total. The van der Waals surface area contributed by atoms with Crippen molar-refractivity contribution in [2.24, 2.45) is 0 Å². The molecule has 0 atom stereocenters. The number of nitrogens with one attached hydrogen (secondary N) is 1. The fourth-order valence-electron chi connectivity index (χ4n) is 2.74. The van der Waals surface area contributed by atoms with E-state index in [9.17, 15) is 9.59 Å². The number of rotatable bonds is 6. The number of carbonyl (C=O) groups is 2. The summed E-state index contributed by atoms with van der Waals surface area (Å²) in [7, 11) is 0. The zero-order valence-electron chi connectivity index (χ0n) is 15.6. The highest BCUT2D eigenvalue weighted by molar-refractivity contribution is 7.17. The first-order valence-corrected chi connectivity index (χ1v) is 10.0. The van der Waals surface area contributed by atoms with Gasteiger partial charge in [0, 0.05) is 31.3 Å². The summed E-state index contributed by atoms with van der Waals surface area (Å²) in [5.41, 5.74) is 2.44. The lowest BCUT2D eigenvalue weighted by molar-refractivity contribution is -0.129. The number of thiazole rings is 1. The molecule has 0 aliphatic carbocycles. The Balaban J connectivity index is 1.73. The molecule has 3 rings (SSSR count). The maximum Gasteiger partial charge on any atom is 0.267 e. The molecule has 2 aromatic carbocycles. The number of anilines is 1. The van der Waals surface area contributed by atoms with Crippen LogP contribution in [0.4, 0.5) is 5.69 Å². The van der Waals surface area contributed by atoms with Gasteiger partial charge in [-0.05, 0) is 30.7 Å². The van der Waals surface area contributed by atoms with Crippen LogP contribution in [0.5, 0.6) is 0 Å². The van der Waals surface area contributed by atoms with Crippen LogP contribution in [0.2, 0.25) is 5.02 Å². The lowest BCUT2D eigenvalue weighted by Gasteiger charge is -2.19. The number of halogens is 1. The van der Waals surface area contributed by atoms with E-state index in [1.807, 2.05) is 49.4 Å². The maximum atomic E-state index is 12.6. The Bertz CT molecular complexity index is 1000. The van der Waals surface area contributed by atoms with Gasteiger partial charge >= 0.3 is 0 Å². The van der Waals surface area contributed by atoms with E-state index in [2.05, 4.69) is 10.3 Å². The number of aromatic nitrogens is 1. The van der Waals surface area contributed by atoms with Crippen molar-refractivity contribution in [1.82, 2.24) is 9.88 Å². The molecule has 0 radical (unpaired) electrons. The quantitative estimate of drug-likeness (QED) is 0.612. The summed E-state index contributed by atoms with van der Waals surface area (Å²) in [6.07, 6.45) is 1.55. The molecule has 0 saturated heterocycles. The fraction of sp³-hybridized carbons (Fsp3) is 0.190. The fourth-order valence-corrected chi connectivity index (χ4v) is 3.88. The number of hydrogen-bond donors (Lipinski definition) is 1. The Labute approximate surface area is 173 Å². The van der Waals surface area contributed by atoms with Crippen LogP contribution < -0.4 is 5.32 Å². The molecule has 0 bridgehead atoms. The normalized spacial score (nSPS) is 10.5. The van der Waals surface area contributed by atoms with Crippen molar-refractivity contribution in [3.8, 4) is 10.6 Å². The number of benzene rings is 2. The molecule has 3 aromatic rings. The van der Waals surface area contributed by atoms with Gasteiger partial charge < -0.3 is 10.2 Å². The highest BCUT2D eigenvalue weighted by Gasteiger charge is 2.14. The lowest BCUT2D eigenvalue weighted by Crippen LogP contribution is -2.27. The molecule has 0 aliphatic rings. The van der Waals surface area contributed by atoms with Gasteiger partial charge in [-0.15, -0.1) is 11.3 Å². The van der Waals surface area contributed by atoms with Gasteiger partial charge in [0.2, 0.25) is 5.91 Å². The van der Waals surface area contributed by atoms with Crippen molar-refractivity contribution < 1.29 is 9.59 Å². The average Bonchev–Trinajstić information content (AvgIpc) is 3.16. The molecule has 1 heterocycles. The van der Waals surface area contributed by atoms with Crippen LogP contribution in [0.3, 0.4) is 0 Å². The molecule has 7 heteroatoms. The SMILES string of the molecule is CCN(Cc1cccc(NC(=O)c2cnc(-c3ccccc3Cl)s2)c1)C(C)=O. The van der Waals surface area contributed by atoms with Crippen molar-refractivity contribution >= 4 is 40.4 Å². The number of hydrogen-bond acceptors (Lipinski definition) is 4. The van der Waals surface area contributed by atoms with Crippen LogP contribution in [0.25, 0.3) is 10.6 Å². The van der Waals surface area contributed by atoms with Gasteiger partial charge in [-0.1, -0.05) is 41.9 Å². The minimum absolute atomic E-state index is 0.0219. The second kappa shape index (κ2) is 8.99. The van der Waals surface area contributed by atoms with E-state index < -0.39 is 0 Å². The Morgan fingerprint density at radius 1 is 1.18 bits per heavy atom. The van der Waals surface area contributed by atoms with Gasteiger partial charge in [0.15, 0.2) is 0 Å². The van der Waals surface area contributed by atoms with Crippen LogP contribution in [0, 0.1) is 0 Å². The topological polar surface area (TPSA) is 62.3 Å². The molecule has 0 unspecified atom stereocenters. The summed E-state index contributed by atoms with van der Waals surface area (Å²) in [6.45, 7) is 4.63. The molecule has 1 aromatic heterocycles. The maximum absolute atomic E-state index is 12.6. The predicted octanol–water partition coefficient (Wildman–Crippen LogP) is 5.08. The molecule has 2 amide bonds. The van der Waals surface area contributed by atoms with E-state index in [1.165, 1.54) is 11.3 Å². The van der Waals surface area contributed by atoms with Crippen LogP contribution in [-0.2, 0) is 11.3 Å². The standard InChI is InChI=1S/C21H20ClN3O2S/c1-3-25(14(2)26)13-15-7-6-8-16(11-15)24-20(27)19-12-23-21(28-19)17-9-4-5-10-18(17)22/h4-12H,3,13H2,1-2H3,(H,24,27). The van der Waals surface area contributed by atoms with E-state index in [0.29, 0.717) is 33.7 Å². The zero-order chi connectivity index (χ0) is 20.1. The number of nitrogens with zero attached hydrogens (tertiary/aromatic N) is 2. The van der Waals surface area contributed by atoms with E-state index in [1.54, 1.807) is 24.1 Å². The predicted molar refractivity (Wildman–Crippen MR) is 114 cm³/mol. The van der Waals surface area contributed by atoms with Gasteiger partial charge in [0.1, 0.15) is 9.88 Å². The third-order valence-corrected chi connectivity index (χ3v) is 5.58. The van der Waals surface area contributed by atoms with Gasteiger partial charge in [-0.2, -0.15) is 0 Å². The molecule has 0 aliphatic heterocycles. The van der Waals surface area contributed by atoms with E-state index in [-0.39, 0.29) is 11.8 Å². The Morgan fingerprint density at radius 3 is 2.68 bits per heavy atom. The summed E-state index contributed by atoms with van der Waals surface area (Å²) in [5.74, 6) is -0.208. The molecule has 0 saturated carbocycles. The molecule has 0 fully saturated rings. The van der Waals surface area contributed by atoms with Crippen LogP contribution in [0.15, 0.2) is 54.7 Å². The summed E-state index contributed by atoms with van der Waals surface area (Å²) < 4.78 is 0. The molecular weight excluding hydrogens is 394 g/mol. The first kappa shape index (κ1) is 20.0. The van der Waals surface area contributed by atoms with E-state index >= 15 is 0 Å². The van der Waals surface area contributed by atoms with Crippen molar-refractivity contribution in [2.75, 3.05) is 11.9 Å². The number of amides is 2. The van der Waals surface area contributed by atoms with Crippen LogP contribution >= 0.6 is 22.9 Å². The lowest BCUT2D eigenvalue weighted by atomic mass is 10.2. The molecule has 28 heavy (non-hydrogen) atoms. The highest BCUT2D eigenvalue weighted by atomic mass is 35.5. The zero-order valence-corrected chi connectivity index (χ0v) is 17.2. The van der Waals surface area contributed by atoms with Gasteiger partial charge in [-0.25, -0.2) is 4.98 Å². The van der Waals surface area contributed by atoms with Gasteiger partial charge in [-0.3, -0.25) is 9.59 Å². The minimum atomic E-state index is -0.230. The molecule has 1 N–H and O–H groups in total. The largest absolute Gasteiger partial charge is 0.339 e. The first-order valence-electron chi connectivity index (χ1n) is 8.84. The third kappa shape index (κ3) is 4.77. The van der Waals surface area contributed by atoms with E-state index in [4.69, 9.17) is 11.6 Å². The molecule has 144 valence electrons. The van der Waals surface area contributed by atoms with Gasteiger partial charge in [0.25, 0.3) is 5.91 Å². The van der Waals surface area contributed by atoms with E-state index in [0.717, 1.165) is 11.1 Å². The van der Waals surface area contributed by atoms with Crippen LogP contribution in [-0.4, -0.2) is 28.2 Å². The minimum Gasteiger partial charge on any atom is -0.339 e. The van der Waals surface area contributed by atoms with Gasteiger partial charge in [0.05, 0.1) is 11.2 Å². The molecule has 0 spiro atoms.